The molecule has 0 bridgehead atoms. The van der Waals surface area contributed by atoms with Crippen molar-refractivity contribution in [3.8, 4) is 0 Å². The van der Waals surface area contributed by atoms with Gasteiger partial charge in [0, 0.05) is 18.1 Å². The number of nitrogens with zero attached hydrogens (tertiary/aromatic N) is 5. The summed E-state index contributed by atoms with van der Waals surface area (Å²) in [6.07, 6.45) is 1.52. The average Bonchev–Trinajstić information content (AvgIpc) is 2.90. The molecular weight excluding hydrogens is 276 g/mol. The average molecular weight is 289 g/mol. The van der Waals surface area contributed by atoms with Gasteiger partial charge in [-0.1, -0.05) is 28.9 Å². The van der Waals surface area contributed by atoms with Crippen LogP contribution in [0.15, 0.2) is 30.6 Å². The number of benzene rings is 1. The van der Waals surface area contributed by atoms with Gasteiger partial charge in [-0.05, 0) is 24.6 Å². The van der Waals surface area contributed by atoms with Gasteiger partial charge in [-0.3, -0.25) is 0 Å². The molecule has 0 aliphatic rings. The lowest BCUT2D eigenvalue weighted by Crippen LogP contribution is -2.03. The van der Waals surface area contributed by atoms with Gasteiger partial charge in [0.25, 0.3) is 0 Å². The fraction of sp³-hybridized carbons (Fsp3) is 0.231. The molecule has 2 heterocycles. The van der Waals surface area contributed by atoms with E-state index in [1.165, 1.54) is 6.33 Å². The first-order chi connectivity index (χ1) is 9.78. The zero-order chi connectivity index (χ0) is 13.9. The van der Waals surface area contributed by atoms with Crippen LogP contribution in [-0.4, -0.2) is 25.0 Å². The number of rotatable bonds is 4. The van der Waals surface area contributed by atoms with Crippen LogP contribution in [0.25, 0.3) is 11.2 Å². The summed E-state index contributed by atoms with van der Waals surface area (Å²) in [5.41, 5.74) is 2.54. The fourth-order valence-corrected chi connectivity index (χ4v) is 2.05. The largest absolute Gasteiger partial charge is 0.364 e. The quantitative estimate of drug-likeness (QED) is 0.799. The van der Waals surface area contributed by atoms with Crippen molar-refractivity contribution >= 4 is 28.6 Å². The second-order valence-electron chi connectivity index (χ2n) is 4.28. The van der Waals surface area contributed by atoms with Crippen molar-refractivity contribution < 1.29 is 0 Å². The van der Waals surface area contributed by atoms with Gasteiger partial charge in [-0.25, -0.2) is 14.6 Å². The Balaban J connectivity index is 1.84. The van der Waals surface area contributed by atoms with Crippen LogP contribution in [0.2, 0.25) is 5.02 Å². The molecule has 0 unspecified atom stereocenters. The number of hydrogen-bond donors (Lipinski definition) is 1. The molecule has 1 N–H and O–H groups in total. The lowest BCUT2D eigenvalue weighted by atomic mass is 10.2. The summed E-state index contributed by atoms with van der Waals surface area (Å²) in [5.74, 6) is 0.685. The van der Waals surface area contributed by atoms with Crippen molar-refractivity contribution in [1.82, 2.24) is 25.0 Å². The van der Waals surface area contributed by atoms with Gasteiger partial charge < -0.3 is 5.32 Å². The zero-order valence-electron chi connectivity index (χ0n) is 10.9. The third-order valence-corrected chi connectivity index (χ3v) is 3.22. The topological polar surface area (TPSA) is 68.5 Å². The summed E-state index contributed by atoms with van der Waals surface area (Å²) < 4.78 is 1.74. The lowest BCUT2D eigenvalue weighted by Gasteiger charge is -2.05. The third kappa shape index (κ3) is 2.42. The van der Waals surface area contributed by atoms with Gasteiger partial charge in [0.2, 0.25) is 0 Å². The van der Waals surface area contributed by atoms with E-state index in [4.69, 9.17) is 11.6 Å². The maximum Gasteiger partial charge on any atom is 0.183 e. The predicted molar refractivity (Wildman–Crippen MR) is 77.6 cm³/mol. The third-order valence-electron chi connectivity index (χ3n) is 2.97. The minimum absolute atomic E-state index is 0.641. The van der Waals surface area contributed by atoms with Crippen LogP contribution in [-0.2, 0) is 13.1 Å². The molecule has 0 aliphatic heterocycles. The predicted octanol–water partition coefficient (Wildman–Crippen LogP) is 2.51. The summed E-state index contributed by atoms with van der Waals surface area (Å²) in [6, 6.07) is 7.66. The Hall–Kier alpha value is -2.21. The number of aryl methyl sites for hydroxylation is 1. The minimum atomic E-state index is 0.641. The SMILES string of the molecule is CCn1nnc2c(NCc3ccc(Cl)cc3)ncnc21. The molecule has 0 saturated heterocycles. The second-order valence-corrected chi connectivity index (χ2v) is 4.72. The van der Waals surface area contributed by atoms with E-state index >= 15 is 0 Å². The molecule has 102 valence electrons. The molecule has 0 atom stereocenters. The lowest BCUT2D eigenvalue weighted by molar-refractivity contribution is 0.641. The van der Waals surface area contributed by atoms with Crippen LogP contribution in [0.5, 0.6) is 0 Å². The molecule has 0 aliphatic carbocycles. The molecule has 6 nitrogen and oxygen atoms in total. The maximum absolute atomic E-state index is 5.86. The summed E-state index contributed by atoms with van der Waals surface area (Å²) in [6.45, 7) is 3.36. The van der Waals surface area contributed by atoms with Crippen LogP contribution in [0, 0.1) is 0 Å². The maximum atomic E-state index is 5.86. The van der Waals surface area contributed by atoms with E-state index < -0.39 is 0 Å². The molecule has 0 radical (unpaired) electrons. The molecule has 1 aromatic carbocycles. The molecule has 0 saturated carbocycles. The van der Waals surface area contributed by atoms with Crippen molar-refractivity contribution in [2.75, 3.05) is 5.32 Å². The molecule has 0 spiro atoms. The van der Waals surface area contributed by atoms with Crippen molar-refractivity contribution in [3.05, 3.63) is 41.2 Å². The summed E-state index contributed by atoms with van der Waals surface area (Å²) in [4.78, 5) is 8.43. The van der Waals surface area contributed by atoms with Crippen molar-refractivity contribution in [1.29, 1.82) is 0 Å². The van der Waals surface area contributed by atoms with E-state index in [2.05, 4.69) is 25.6 Å². The van der Waals surface area contributed by atoms with E-state index in [0.717, 1.165) is 22.8 Å². The Morgan fingerprint density at radius 2 is 2.00 bits per heavy atom. The van der Waals surface area contributed by atoms with Crippen LogP contribution in [0.4, 0.5) is 5.82 Å². The number of nitrogens with one attached hydrogen (secondary N) is 1. The fourth-order valence-electron chi connectivity index (χ4n) is 1.92. The first kappa shape index (κ1) is 12.8. The monoisotopic (exact) mass is 288 g/mol. The molecule has 20 heavy (non-hydrogen) atoms. The van der Waals surface area contributed by atoms with Gasteiger partial charge in [-0.15, -0.1) is 5.10 Å². The molecule has 0 fully saturated rings. The Bertz CT molecular complexity index is 721. The van der Waals surface area contributed by atoms with Crippen LogP contribution in [0.3, 0.4) is 0 Å². The Morgan fingerprint density at radius 3 is 2.75 bits per heavy atom. The summed E-state index contributed by atoms with van der Waals surface area (Å²) >= 11 is 5.86. The summed E-state index contributed by atoms with van der Waals surface area (Å²) in [5, 5.41) is 12.1. The van der Waals surface area contributed by atoms with Crippen LogP contribution in [0.1, 0.15) is 12.5 Å². The van der Waals surface area contributed by atoms with Gasteiger partial charge in [-0.2, -0.15) is 0 Å². The Kier molecular flexibility index (Phi) is 3.47. The highest BCUT2D eigenvalue weighted by molar-refractivity contribution is 6.30. The van der Waals surface area contributed by atoms with E-state index in [1.807, 2.05) is 31.2 Å². The highest BCUT2D eigenvalue weighted by atomic mass is 35.5. The van der Waals surface area contributed by atoms with Gasteiger partial charge in [0.05, 0.1) is 0 Å². The second kappa shape index (κ2) is 5.42. The van der Waals surface area contributed by atoms with E-state index in [-0.39, 0.29) is 0 Å². The van der Waals surface area contributed by atoms with E-state index in [9.17, 15) is 0 Å². The molecule has 7 heteroatoms. The van der Waals surface area contributed by atoms with Gasteiger partial charge in [0.15, 0.2) is 17.0 Å². The number of fused-ring (bicyclic) bond motifs is 1. The standard InChI is InChI=1S/C13H13ClN6/c1-2-20-13-11(18-19-20)12(16-8-17-13)15-7-9-3-5-10(14)6-4-9/h3-6,8H,2,7H2,1H3,(H,15,16,17). The molecule has 0 amide bonds. The van der Waals surface area contributed by atoms with Crippen molar-refractivity contribution in [3.63, 3.8) is 0 Å². The molecule has 3 aromatic rings. The molecular formula is C13H13ClN6. The smallest absolute Gasteiger partial charge is 0.183 e. The first-order valence-electron chi connectivity index (χ1n) is 6.30. The number of hydrogen-bond acceptors (Lipinski definition) is 5. The number of halogens is 1. The van der Waals surface area contributed by atoms with Crippen molar-refractivity contribution in [2.45, 2.75) is 20.0 Å². The van der Waals surface area contributed by atoms with Crippen molar-refractivity contribution in [2.24, 2.45) is 0 Å². The van der Waals surface area contributed by atoms with Gasteiger partial charge in [0.1, 0.15) is 6.33 Å². The first-order valence-corrected chi connectivity index (χ1v) is 6.68. The molecule has 2 aromatic heterocycles. The van der Waals surface area contributed by atoms with Crippen LogP contribution >= 0.6 is 11.6 Å². The number of anilines is 1. The van der Waals surface area contributed by atoms with Crippen LogP contribution < -0.4 is 5.32 Å². The summed E-state index contributed by atoms with van der Waals surface area (Å²) in [7, 11) is 0. The normalized spacial score (nSPS) is 10.9. The van der Waals surface area contributed by atoms with E-state index in [0.29, 0.717) is 17.9 Å². The highest BCUT2D eigenvalue weighted by Crippen LogP contribution is 2.17. The minimum Gasteiger partial charge on any atom is -0.364 e. The zero-order valence-corrected chi connectivity index (χ0v) is 11.7. The number of aromatic nitrogens is 5. The Labute approximate surface area is 120 Å². The Morgan fingerprint density at radius 1 is 1.20 bits per heavy atom. The van der Waals surface area contributed by atoms with E-state index in [1.54, 1.807) is 4.68 Å². The highest BCUT2D eigenvalue weighted by Gasteiger charge is 2.10. The molecule has 3 rings (SSSR count). The van der Waals surface area contributed by atoms with Gasteiger partial charge >= 0.3 is 0 Å².